The highest BCUT2D eigenvalue weighted by atomic mass is 16.7. The summed E-state index contributed by atoms with van der Waals surface area (Å²) in [6.45, 7) is 17.4. The Kier molecular flexibility index (Phi) is 10.8. The Morgan fingerprint density at radius 1 is 0.887 bits per heavy atom. The number of hydrogen-bond acceptors (Lipinski definition) is 12. The molecule has 5 saturated carbocycles. The van der Waals surface area contributed by atoms with Crippen molar-refractivity contribution in [2.75, 3.05) is 13.7 Å². The molecule has 5 N–H and O–H groups in total. The number of fused-ring (bicyclic) bond motifs is 3. The number of rotatable bonds is 11. The van der Waals surface area contributed by atoms with Crippen LogP contribution in [0.3, 0.4) is 0 Å². The SMILES string of the molecule is COC(C)(C)[C@H](O)[C@H](O)C[C@H](C)[C@@H]1CC[C@]23C[C@]12CC[C@@H]1[C@@]2(C)CC[C@@H](OC(C)=O)C(C)(C)[C@H]2C[C@@H](O[C@H]2O[C@@H](COC(C)=O)[C@H](O)[C@@H](O)[C@@H]2O)[C@]13C. The number of aliphatic hydroxyl groups is 5. The van der Waals surface area contributed by atoms with Gasteiger partial charge in [-0.1, -0.05) is 34.6 Å². The van der Waals surface area contributed by atoms with Crippen molar-refractivity contribution in [2.45, 2.75) is 181 Å². The predicted octanol–water partition coefficient (Wildman–Crippen LogP) is 3.90. The molecule has 1 saturated heterocycles. The zero-order chi connectivity index (χ0) is 39.3. The van der Waals surface area contributed by atoms with Crippen LogP contribution in [0.4, 0.5) is 0 Å². The number of methoxy groups -OCH3 is 1. The highest BCUT2D eigenvalue weighted by Gasteiger charge is 2.85. The fraction of sp³-hybridized carbons (Fsp3) is 0.951. The zero-order valence-corrected chi connectivity index (χ0v) is 33.7. The minimum Gasteiger partial charge on any atom is -0.463 e. The molecule has 304 valence electrons. The average molecular weight is 753 g/mol. The normalized spacial score (nSPS) is 47.5. The van der Waals surface area contributed by atoms with Crippen LogP contribution in [0.2, 0.25) is 0 Å². The number of carbonyl (C=O) groups excluding carboxylic acids is 2. The number of esters is 2. The summed E-state index contributed by atoms with van der Waals surface area (Å²) < 4.78 is 29.8. The van der Waals surface area contributed by atoms with Crippen molar-refractivity contribution < 1.29 is 58.8 Å². The van der Waals surface area contributed by atoms with Crippen LogP contribution >= 0.6 is 0 Å². The maximum atomic E-state index is 12.3. The first-order chi connectivity index (χ1) is 24.5. The molecule has 0 aromatic heterocycles. The molecule has 6 fully saturated rings. The van der Waals surface area contributed by atoms with E-state index in [-0.39, 0.29) is 63.5 Å². The van der Waals surface area contributed by atoms with Gasteiger partial charge in [-0.3, -0.25) is 9.59 Å². The summed E-state index contributed by atoms with van der Waals surface area (Å²) in [5.74, 6) is -0.00419. The van der Waals surface area contributed by atoms with Gasteiger partial charge < -0.3 is 49.2 Å². The number of ether oxygens (including phenoxy) is 5. The Labute approximate surface area is 315 Å². The van der Waals surface area contributed by atoms with E-state index in [0.29, 0.717) is 18.8 Å². The van der Waals surface area contributed by atoms with Gasteiger partial charge in [0.25, 0.3) is 0 Å². The highest BCUT2D eigenvalue weighted by molar-refractivity contribution is 5.66. The van der Waals surface area contributed by atoms with E-state index in [1.165, 1.54) is 13.8 Å². The van der Waals surface area contributed by atoms with E-state index in [2.05, 4.69) is 34.6 Å². The first-order valence-corrected chi connectivity index (χ1v) is 20.1. The summed E-state index contributed by atoms with van der Waals surface area (Å²) in [6, 6.07) is 0. The molecule has 1 heterocycles. The van der Waals surface area contributed by atoms with E-state index in [9.17, 15) is 35.1 Å². The van der Waals surface area contributed by atoms with Gasteiger partial charge in [0.15, 0.2) is 6.29 Å². The van der Waals surface area contributed by atoms with E-state index in [0.717, 1.165) is 44.9 Å². The molecule has 0 unspecified atom stereocenters. The highest BCUT2D eigenvalue weighted by Crippen LogP contribution is 2.91. The molecule has 1 aliphatic heterocycles. The van der Waals surface area contributed by atoms with Crippen LogP contribution in [0.25, 0.3) is 0 Å². The van der Waals surface area contributed by atoms with Crippen LogP contribution in [0, 0.1) is 50.7 Å². The lowest BCUT2D eigenvalue weighted by atomic mass is 9.37. The molecule has 0 aromatic rings. The maximum Gasteiger partial charge on any atom is 0.302 e. The Morgan fingerprint density at radius 2 is 1.57 bits per heavy atom. The maximum absolute atomic E-state index is 12.3. The topological polar surface area (TPSA) is 181 Å². The molecule has 0 amide bonds. The Morgan fingerprint density at radius 3 is 2.19 bits per heavy atom. The summed E-state index contributed by atoms with van der Waals surface area (Å²) in [5.41, 5.74) is -1.74. The van der Waals surface area contributed by atoms with Crippen LogP contribution in [0.1, 0.15) is 120 Å². The molecular formula is C41H68O12. The fourth-order valence-electron chi connectivity index (χ4n) is 13.8. The second-order valence-corrected chi connectivity index (χ2v) is 19.7. The lowest BCUT2D eigenvalue weighted by Crippen LogP contribution is -2.68. The van der Waals surface area contributed by atoms with Crippen molar-refractivity contribution in [3.63, 3.8) is 0 Å². The Balaban J connectivity index is 1.35. The van der Waals surface area contributed by atoms with Crippen molar-refractivity contribution in [3.8, 4) is 0 Å². The molecule has 6 rings (SSSR count). The van der Waals surface area contributed by atoms with Gasteiger partial charge in [-0.05, 0) is 112 Å². The Hall–Kier alpha value is -1.38. The summed E-state index contributed by atoms with van der Waals surface area (Å²) in [4.78, 5) is 23.9. The monoisotopic (exact) mass is 752 g/mol. The molecule has 6 aliphatic rings. The van der Waals surface area contributed by atoms with Crippen LogP contribution in [0.15, 0.2) is 0 Å². The fourth-order valence-corrected chi connectivity index (χ4v) is 13.8. The van der Waals surface area contributed by atoms with Crippen LogP contribution < -0.4 is 0 Å². The van der Waals surface area contributed by atoms with E-state index < -0.39 is 60.6 Å². The minimum atomic E-state index is -1.57. The molecule has 53 heavy (non-hydrogen) atoms. The van der Waals surface area contributed by atoms with Gasteiger partial charge in [-0.15, -0.1) is 0 Å². The molecule has 17 atom stereocenters. The molecule has 0 aromatic carbocycles. The largest absolute Gasteiger partial charge is 0.463 e. The zero-order valence-electron chi connectivity index (χ0n) is 33.7. The van der Waals surface area contributed by atoms with E-state index in [1.807, 2.05) is 0 Å². The van der Waals surface area contributed by atoms with E-state index in [1.54, 1.807) is 21.0 Å². The van der Waals surface area contributed by atoms with Crippen molar-refractivity contribution >= 4 is 11.9 Å². The van der Waals surface area contributed by atoms with Gasteiger partial charge in [0.05, 0.1) is 17.8 Å². The van der Waals surface area contributed by atoms with Crippen molar-refractivity contribution in [1.82, 2.24) is 0 Å². The van der Waals surface area contributed by atoms with E-state index in [4.69, 9.17) is 23.7 Å². The number of carbonyl (C=O) groups is 2. The van der Waals surface area contributed by atoms with Gasteiger partial charge >= 0.3 is 11.9 Å². The Bertz CT molecular complexity index is 1390. The second kappa shape index (κ2) is 13.9. The molecule has 12 nitrogen and oxygen atoms in total. The molecule has 0 radical (unpaired) electrons. The van der Waals surface area contributed by atoms with Gasteiger partial charge in [0, 0.05) is 31.8 Å². The third kappa shape index (κ3) is 6.23. The number of aliphatic hydroxyl groups excluding tert-OH is 5. The third-order valence-corrected chi connectivity index (χ3v) is 16.7. The summed E-state index contributed by atoms with van der Waals surface area (Å²) in [7, 11) is 1.55. The average Bonchev–Trinajstić information content (AvgIpc) is 3.65. The minimum absolute atomic E-state index is 0.0357. The van der Waals surface area contributed by atoms with Crippen molar-refractivity contribution in [3.05, 3.63) is 0 Å². The second-order valence-electron chi connectivity index (χ2n) is 19.7. The summed E-state index contributed by atoms with van der Waals surface area (Å²) in [5, 5.41) is 55.3. The van der Waals surface area contributed by atoms with E-state index >= 15 is 0 Å². The molecular weight excluding hydrogens is 684 g/mol. The van der Waals surface area contributed by atoms with Crippen LogP contribution in [-0.2, 0) is 33.3 Å². The molecule has 0 bridgehead atoms. The van der Waals surface area contributed by atoms with Crippen molar-refractivity contribution in [2.24, 2.45) is 50.7 Å². The quantitative estimate of drug-likeness (QED) is 0.152. The first kappa shape index (κ1) is 41.3. The van der Waals surface area contributed by atoms with Crippen molar-refractivity contribution in [1.29, 1.82) is 0 Å². The predicted molar refractivity (Wildman–Crippen MR) is 193 cm³/mol. The van der Waals surface area contributed by atoms with Gasteiger partial charge in [0.1, 0.15) is 43.2 Å². The molecule has 5 aliphatic carbocycles. The van der Waals surface area contributed by atoms with Gasteiger partial charge in [-0.25, -0.2) is 0 Å². The summed E-state index contributed by atoms with van der Waals surface area (Å²) >= 11 is 0. The molecule has 0 spiro atoms. The standard InChI is InChI=1S/C41H68O12/c1-21(17-25(44)34(48)37(6,7)49-10)24-11-16-41-20-40(24,41)15-12-27-38(8)14-13-29(51-23(3)43)36(4,5)28(38)18-30(39(27,41)9)53-35-33(47)32(46)31(45)26(52-35)19-50-22(2)42/h21,24-35,44-48H,11-20H2,1-10H3/t21-,24-,25+,26-,27+,28+,29+,30+,31-,32+,33-,34+,35+,38+,39-,40+,41+/m0/s1. The van der Waals surface area contributed by atoms with Crippen LogP contribution in [-0.4, -0.2) is 112 Å². The lowest BCUT2D eigenvalue weighted by molar-refractivity contribution is -0.344. The summed E-state index contributed by atoms with van der Waals surface area (Å²) in [6.07, 6.45) is -1.71. The van der Waals surface area contributed by atoms with Crippen LogP contribution in [0.5, 0.6) is 0 Å². The van der Waals surface area contributed by atoms with Gasteiger partial charge in [-0.2, -0.15) is 0 Å². The lowest BCUT2D eigenvalue weighted by Gasteiger charge is -2.69. The molecule has 12 heteroatoms. The number of hydrogen-bond donors (Lipinski definition) is 5. The smallest absolute Gasteiger partial charge is 0.302 e. The third-order valence-electron chi connectivity index (χ3n) is 16.7. The first-order valence-electron chi connectivity index (χ1n) is 20.1. The van der Waals surface area contributed by atoms with Gasteiger partial charge in [0.2, 0.25) is 0 Å².